The quantitative estimate of drug-likeness (QED) is 0.505. The maximum Gasteiger partial charge on any atom is 0.492 e. The highest BCUT2D eigenvalue weighted by molar-refractivity contribution is 6.59. The molecule has 0 bridgehead atoms. The van der Waals surface area contributed by atoms with E-state index in [1.165, 1.54) is 7.11 Å². The molecule has 12 heavy (non-hydrogen) atoms. The lowest BCUT2D eigenvalue weighted by Gasteiger charge is -2.05. The highest BCUT2D eigenvalue weighted by atomic mass is 16.7. The third-order valence-corrected chi connectivity index (χ3v) is 1.43. The van der Waals surface area contributed by atoms with E-state index in [0.29, 0.717) is 0 Å². The van der Waals surface area contributed by atoms with Gasteiger partial charge in [-0.05, 0) is 5.46 Å². The van der Waals surface area contributed by atoms with E-state index >= 15 is 0 Å². The topological polar surface area (TPSA) is 38.7 Å². The summed E-state index contributed by atoms with van der Waals surface area (Å²) < 4.78 is 9.56. The Hall–Kier alpha value is -0.835. The molecule has 0 atom stereocenters. The first kappa shape index (κ1) is 9.25. The lowest BCUT2D eigenvalue weighted by molar-refractivity contribution is 0.0393. The van der Waals surface area contributed by atoms with Crippen LogP contribution in [0.5, 0.6) is 0 Å². The van der Waals surface area contributed by atoms with Gasteiger partial charge in [0.05, 0.1) is 0 Å². The van der Waals surface area contributed by atoms with E-state index in [-0.39, 0.29) is 6.79 Å². The van der Waals surface area contributed by atoms with Gasteiger partial charge in [-0.3, -0.25) is 0 Å². The van der Waals surface area contributed by atoms with Crippen molar-refractivity contribution in [3.8, 4) is 0 Å². The summed E-state index contributed by atoms with van der Waals surface area (Å²) in [7, 11) is 0.615. The zero-order valence-electron chi connectivity index (χ0n) is 6.93. The SMILES string of the molecule is COCOB(O)c1ccccc1. The van der Waals surface area contributed by atoms with Gasteiger partial charge in [-0.25, -0.2) is 0 Å². The molecule has 1 aromatic rings. The minimum absolute atomic E-state index is 0.0933. The molecule has 1 rings (SSSR count). The van der Waals surface area contributed by atoms with Crippen LogP contribution >= 0.6 is 0 Å². The van der Waals surface area contributed by atoms with Gasteiger partial charge in [0.1, 0.15) is 6.79 Å². The maximum atomic E-state index is 9.35. The predicted molar refractivity (Wildman–Crippen MR) is 47.0 cm³/mol. The molecule has 0 aliphatic rings. The van der Waals surface area contributed by atoms with Gasteiger partial charge in [-0.2, -0.15) is 0 Å². The number of benzene rings is 1. The lowest BCUT2D eigenvalue weighted by Crippen LogP contribution is -2.33. The van der Waals surface area contributed by atoms with E-state index in [2.05, 4.69) is 4.74 Å². The van der Waals surface area contributed by atoms with Crippen LogP contribution in [0.15, 0.2) is 30.3 Å². The summed E-state index contributed by atoms with van der Waals surface area (Å²) in [5.41, 5.74) is 0.731. The average Bonchev–Trinajstić information content (AvgIpc) is 2.15. The Bertz CT molecular complexity index is 215. The molecule has 64 valence electrons. The number of ether oxygens (including phenoxy) is 1. The van der Waals surface area contributed by atoms with Crippen molar-refractivity contribution in [2.75, 3.05) is 13.9 Å². The molecule has 0 unspecified atom stereocenters. The van der Waals surface area contributed by atoms with Gasteiger partial charge in [0.15, 0.2) is 0 Å². The van der Waals surface area contributed by atoms with E-state index in [1.807, 2.05) is 18.2 Å². The second kappa shape index (κ2) is 4.93. The third-order valence-electron chi connectivity index (χ3n) is 1.43. The Kier molecular flexibility index (Phi) is 3.80. The molecule has 0 aliphatic carbocycles. The van der Waals surface area contributed by atoms with Crippen molar-refractivity contribution in [2.45, 2.75) is 0 Å². The predicted octanol–water partition coefficient (Wildman–Crippen LogP) is -0.00540. The number of hydrogen-bond donors (Lipinski definition) is 1. The van der Waals surface area contributed by atoms with Crippen LogP contribution in [0.2, 0.25) is 0 Å². The summed E-state index contributed by atoms with van der Waals surface area (Å²) in [4.78, 5) is 0. The molecule has 3 nitrogen and oxygen atoms in total. The van der Waals surface area contributed by atoms with Crippen molar-refractivity contribution in [3.05, 3.63) is 30.3 Å². The zero-order chi connectivity index (χ0) is 8.81. The van der Waals surface area contributed by atoms with Crippen LogP contribution in [0.1, 0.15) is 0 Å². The number of methoxy groups -OCH3 is 1. The molecule has 0 saturated heterocycles. The summed E-state index contributed by atoms with van der Waals surface area (Å²) in [5, 5.41) is 9.35. The molecule has 0 saturated carbocycles. The first-order valence-corrected chi connectivity index (χ1v) is 3.68. The van der Waals surface area contributed by atoms with Gasteiger partial charge in [-0.15, -0.1) is 0 Å². The van der Waals surface area contributed by atoms with E-state index < -0.39 is 7.12 Å². The van der Waals surface area contributed by atoms with Crippen molar-refractivity contribution in [3.63, 3.8) is 0 Å². The van der Waals surface area contributed by atoms with Crippen LogP contribution in [0, 0.1) is 0 Å². The minimum atomic E-state index is -0.897. The normalized spacial score (nSPS) is 9.83. The lowest BCUT2D eigenvalue weighted by atomic mass is 9.80. The highest BCUT2D eigenvalue weighted by Gasteiger charge is 2.14. The molecule has 0 aromatic heterocycles. The molecule has 0 amide bonds. The first-order chi connectivity index (χ1) is 5.84. The summed E-state index contributed by atoms with van der Waals surface area (Å²) in [6.07, 6.45) is 0. The molecule has 4 heteroatoms. The molecule has 0 spiro atoms. The molecule has 0 heterocycles. The highest BCUT2D eigenvalue weighted by Crippen LogP contribution is 1.87. The minimum Gasteiger partial charge on any atom is -0.423 e. The van der Waals surface area contributed by atoms with E-state index in [0.717, 1.165) is 5.46 Å². The van der Waals surface area contributed by atoms with E-state index in [9.17, 15) is 5.02 Å². The van der Waals surface area contributed by atoms with Crippen LogP contribution in [-0.4, -0.2) is 26.0 Å². The Labute approximate surface area is 72.1 Å². The van der Waals surface area contributed by atoms with Crippen LogP contribution in [0.3, 0.4) is 0 Å². The smallest absolute Gasteiger partial charge is 0.423 e. The Morgan fingerprint density at radius 1 is 1.33 bits per heavy atom. The molecular weight excluding hydrogens is 155 g/mol. The Morgan fingerprint density at radius 2 is 2.00 bits per heavy atom. The van der Waals surface area contributed by atoms with Crippen molar-refractivity contribution >= 4 is 12.6 Å². The number of hydrogen-bond acceptors (Lipinski definition) is 3. The van der Waals surface area contributed by atoms with Crippen molar-refractivity contribution in [1.82, 2.24) is 0 Å². The largest absolute Gasteiger partial charge is 0.492 e. The summed E-state index contributed by atoms with van der Waals surface area (Å²) in [6.45, 7) is 0.0933. The third kappa shape index (κ3) is 2.66. The fourth-order valence-electron chi connectivity index (χ4n) is 0.846. The zero-order valence-corrected chi connectivity index (χ0v) is 6.93. The van der Waals surface area contributed by atoms with E-state index in [4.69, 9.17) is 4.65 Å². The fourth-order valence-corrected chi connectivity index (χ4v) is 0.846. The molecule has 1 N–H and O–H groups in total. The fraction of sp³-hybridized carbons (Fsp3) is 0.250. The van der Waals surface area contributed by atoms with Crippen LogP contribution in [0.4, 0.5) is 0 Å². The van der Waals surface area contributed by atoms with Crippen LogP contribution < -0.4 is 5.46 Å². The van der Waals surface area contributed by atoms with E-state index in [1.54, 1.807) is 12.1 Å². The van der Waals surface area contributed by atoms with Crippen LogP contribution in [0.25, 0.3) is 0 Å². The standard InChI is InChI=1S/C8H11BO3/c1-11-7-12-9(10)8-5-3-2-4-6-8/h2-6,10H,7H2,1H3. The van der Waals surface area contributed by atoms with Gasteiger partial charge >= 0.3 is 7.12 Å². The summed E-state index contributed by atoms with van der Waals surface area (Å²) in [6, 6.07) is 9.15. The second-order valence-electron chi connectivity index (χ2n) is 2.34. The number of rotatable bonds is 4. The maximum absolute atomic E-state index is 9.35. The van der Waals surface area contributed by atoms with Gasteiger partial charge < -0.3 is 14.4 Å². The van der Waals surface area contributed by atoms with Crippen LogP contribution in [-0.2, 0) is 9.39 Å². The summed E-state index contributed by atoms with van der Waals surface area (Å²) >= 11 is 0. The van der Waals surface area contributed by atoms with Crippen molar-refractivity contribution < 1.29 is 14.4 Å². The first-order valence-electron chi connectivity index (χ1n) is 3.68. The molecule has 1 aromatic carbocycles. The van der Waals surface area contributed by atoms with Crippen molar-refractivity contribution in [1.29, 1.82) is 0 Å². The average molecular weight is 166 g/mol. The molecule has 0 radical (unpaired) electrons. The van der Waals surface area contributed by atoms with Gasteiger partial charge in [-0.1, -0.05) is 30.3 Å². The second-order valence-corrected chi connectivity index (χ2v) is 2.34. The Morgan fingerprint density at radius 3 is 2.58 bits per heavy atom. The molecule has 0 aliphatic heterocycles. The summed E-state index contributed by atoms with van der Waals surface area (Å²) in [5.74, 6) is 0. The monoisotopic (exact) mass is 166 g/mol. The van der Waals surface area contributed by atoms with Gasteiger partial charge in [0, 0.05) is 7.11 Å². The molecular formula is C8H11BO3. The Balaban J connectivity index is 2.48. The van der Waals surface area contributed by atoms with Crippen molar-refractivity contribution in [2.24, 2.45) is 0 Å². The van der Waals surface area contributed by atoms with Gasteiger partial charge in [0.2, 0.25) is 0 Å². The molecule has 0 fully saturated rings. The van der Waals surface area contributed by atoms with Gasteiger partial charge in [0.25, 0.3) is 0 Å².